The predicted octanol–water partition coefficient (Wildman–Crippen LogP) is 3.76. The van der Waals surface area contributed by atoms with Crippen molar-refractivity contribution in [1.82, 2.24) is 10.2 Å². The Kier molecular flexibility index (Phi) is 5.14. The lowest BCUT2D eigenvalue weighted by atomic mass is 9.93. The number of carbonyl (C=O) groups is 1. The topological polar surface area (TPSA) is 75.5 Å². The number of nitrogens with one attached hydrogen (secondary N) is 1. The molecular weight excluding hydrogens is 282 g/mol. The van der Waals surface area contributed by atoms with Crippen LogP contribution in [0.15, 0.2) is 36.0 Å². The number of carbonyl (C=O) groups excluding carboxylic acids is 1. The highest BCUT2D eigenvalue weighted by Gasteiger charge is 2.26. The molecule has 0 spiro atoms. The lowest BCUT2D eigenvalue weighted by Gasteiger charge is -2.30. The van der Waals surface area contributed by atoms with E-state index in [0.717, 1.165) is 36.8 Å². The fourth-order valence-electron chi connectivity index (χ4n) is 2.57. The largest absolute Gasteiger partial charge is 0.327 e. The Morgan fingerprint density at radius 3 is 2.55 bits per heavy atom. The van der Waals surface area contributed by atoms with E-state index in [1.807, 2.05) is 6.20 Å². The lowest BCUT2D eigenvalue weighted by Crippen LogP contribution is -2.41. The predicted molar refractivity (Wildman–Crippen MR) is 84.4 cm³/mol. The number of hydrogen-bond donors (Lipinski definition) is 1. The van der Waals surface area contributed by atoms with Crippen LogP contribution in [0.25, 0.3) is 0 Å². The van der Waals surface area contributed by atoms with Gasteiger partial charge in [-0.3, -0.25) is 10.1 Å². The minimum Gasteiger partial charge on any atom is -0.327 e. The highest BCUT2D eigenvalue weighted by molar-refractivity contribution is 5.77. The van der Waals surface area contributed by atoms with E-state index in [0.29, 0.717) is 0 Å². The Labute approximate surface area is 130 Å². The number of non-ortho nitro benzene ring substituents is 1. The van der Waals surface area contributed by atoms with E-state index in [1.165, 1.54) is 12.1 Å². The molecule has 2 amide bonds. The molecule has 6 heteroatoms. The minimum absolute atomic E-state index is 0.0551. The summed E-state index contributed by atoms with van der Waals surface area (Å²) in [5, 5.41) is 13.7. The van der Waals surface area contributed by atoms with Gasteiger partial charge < -0.3 is 10.2 Å². The maximum absolute atomic E-state index is 11.9. The molecule has 1 aromatic carbocycles. The van der Waals surface area contributed by atoms with Crippen LogP contribution in [0.2, 0.25) is 0 Å². The zero-order valence-electron chi connectivity index (χ0n) is 12.9. The van der Waals surface area contributed by atoms with Gasteiger partial charge in [0.05, 0.1) is 11.0 Å². The van der Waals surface area contributed by atoms with Gasteiger partial charge in [0, 0.05) is 25.4 Å². The van der Waals surface area contributed by atoms with Gasteiger partial charge in [0.2, 0.25) is 0 Å². The average Bonchev–Trinajstić information content (AvgIpc) is 2.51. The average molecular weight is 303 g/mol. The van der Waals surface area contributed by atoms with Gasteiger partial charge in [0.1, 0.15) is 0 Å². The molecule has 2 rings (SSSR count). The number of amides is 2. The number of nitro benzene ring substituents is 1. The molecule has 0 saturated heterocycles. The monoisotopic (exact) mass is 303 g/mol. The van der Waals surface area contributed by atoms with Gasteiger partial charge >= 0.3 is 6.03 Å². The summed E-state index contributed by atoms with van der Waals surface area (Å²) in [6, 6.07) is 6.00. The maximum Gasteiger partial charge on any atom is 0.321 e. The van der Waals surface area contributed by atoms with Gasteiger partial charge in [-0.1, -0.05) is 19.8 Å². The fourth-order valence-corrected chi connectivity index (χ4v) is 2.57. The first-order chi connectivity index (χ1) is 10.5. The smallest absolute Gasteiger partial charge is 0.321 e. The molecule has 1 aromatic rings. The van der Waals surface area contributed by atoms with Gasteiger partial charge in [-0.2, -0.15) is 0 Å². The second kappa shape index (κ2) is 7.06. The minimum atomic E-state index is -0.422. The van der Waals surface area contributed by atoms with E-state index < -0.39 is 4.92 Å². The molecular formula is C16H21N3O3. The second-order valence-electron chi connectivity index (χ2n) is 5.50. The molecule has 1 atom stereocenters. The van der Waals surface area contributed by atoms with Crippen molar-refractivity contribution >= 4 is 11.7 Å². The Balaban J connectivity index is 2.22. The molecule has 6 nitrogen and oxygen atoms in total. The molecule has 0 bridgehead atoms. The summed E-state index contributed by atoms with van der Waals surface area (Å²) in [7, 11) is 1.72. The molecule has 0 aromatic heterocycles. The Hall–Kier alpha value is -2.37. The molecule has 0 aliphatic carbocycles. The normalized spacial score (nSPS) is 17.9. The van der Waals surface area contributed by atoms with Crippen molar-refractivity contribution in [2.75, 3.05) is 7.05 Å². The van der Waals surface area contributed by atoms with Crippen LogP contribution < -0.4 is 5.32 Å². The zero-order valence-corrected chi connectivity index (χ0v) is 12.9. The molecule has 1 aliphatic rings. The van der Waals surface area contributed by atoms with Crippen LogP contribution in [-0.4, -0.2) is 22.9 Å². The lowest BCUT2D eigenvalue weighted by molar-refractivity contribution is -0.384. The first-order valence-electron chi connectivity index (χ1n) is 7.51. The SMILES string of the molecule is CCCCCC1=CN(C)C(=O)NC1c1ccc([N+](=O)[O-])cc1. The number of benzene rings is 1. The second-order valence-corrected chi connectivity index (χ2v) is 5.50. The van der Waals surface area contributed by atoms with Gasteiger partial charge in [0.15, 0.2) is 0 Å². The van der Waals surface area contributed by atoms with Crippen molar-refractivity contribution < 1.29 is 9.72 Å². The number of nitro groups is 1. The van der Waals surface area contributed by atoms with E-state index in [1.54, 1.807) is 24.1 Å². The molecule has 1 heterocycles. The number of urea groups is 1. The van der Waals surface area contributed by atoms with Gasteiger partial charge in [-0.25, -0.2) is 4.79 Å². The molecule has 118 valence electrons. The summed E-state index contributed by atoms with van der Waals surface area (Å²) in [5.74, 6) is 0. The van der Waals surface area contributed by atoms with Crippen molar-refractivity contribution in [1.29, 1.82) is 0 Å². The number of rotatable bonds is 6. The van der Waals surface area contributed by atoms with E-state index in [4.69, 9.17) is 0 Å². The quantitative estimate of drug-likeness (QED) is 0.494. The number of nitrogens with zero attached hydrogens (tertiary/aromatic N) is 2. The third kappa shape index (κ3) is 3.63. The maximum atomic E-state index is 11.9. The van der Waals surface area contributed by atoms with E-state index >= 15 is 0 Å². The highest BCUT2D eigenvalue weighted by atomic mass is 16.6. The van der Waals surface area contributed by atoms with Crippen LogP contribution in [0.3, 0.4) is 0 Å². The molecule has 0 fully saturated rings. The van der Waals surface area contributed by atoms with E-state index in [-0.39, 0.29) is 17.8 Å². The van der Waals surface area contributed by atoms with Crippen molar-refractivity contribution in [3.63, 3.8) is 0 Å². The number of unbranched alkanes of at least 4 members (excludes halogenated alkanes) is 2. The third-order valence-electron chi connectivity index (χ3n) is 3.82. The van der Waals surface area contributed by atoms with Crippen molar-refractivity contribution in [2.45, 2.75) is 38.6 Å². The highest BCUT2D eigenvalue weighted by Crippen LogP contribution is 2.30. The summed E-state index contributed by atoms with van der Waals surface area (Å²) in [4.78, 5) is 23.8. The summed E-state index contributed by atoms with van der Waals surface area (Å²) >= 11 is 0. The first kappa shape index (κ1) is 16.0. The van der Waals surface area contributed by atoms with Crippen LogP contribution >= 0.6 is 0 Å². The van der Waals surface area contributed by atoms with E-state index in [9.17, 15) is 14.9 Å². The van der Waals surface area contributed by atoms with Crippen LogP contribution in [-0.2, 0) is 0 Å². The first-order valence-corrected chi connectivity index (χ1v) is 7.51. The molecule has 1 N–H and O–H groups in total. The third-order valence-corrected chi connectivity index (χ3v) is 3.82. The van der Waals surface area contributed by atoms with Crippen LogP contribution in [0.4, 0.5) is 10.5 Å². The van der Waals surface area contributed by atoms with Gasteiger partial charge in [-0.15, -0.1) is 0 Å². The number of hydrogen-bond acceptors (Lipinski definition) is 3. The molecule has 0 radical (unpaired) electrons. The molecule has 22 heavy (non-hydrogen) atoms. The molecule has 1 aliphatic heterocycles. The van der Waals surface area contributed by atoms with Gasteiger partial charge in [0.25, 0.3) is 5.69 Å². The van der Waals surface area contributed by atoms with Gasteiger partial charge in [-0.05, 0) is 36.1 Å². The fraction of sp³-hybridized carbons (Fsp3) is 0.438. The molecule has 1 unspecified atom stereocenters. The van der Waals surface area contributed by atoms with Crippen LogP contribution in [0.1, 0.15) is 44.2 Å². The van der Waals surface area contributed by atoms with Crippen molar-refractivity contribution in [2.24, 2.45) is 0 Å². The summed E-state index contributed by atoms with van der Waals surface area (Å²) in [5.41, 5.74) is 2.05. The summed E-state index contributed by atoms with van der Waals surface area (Å²) < 4.78 is 0. The van der Waals surface area contributed by atoms with Crippen LogP contribution in [0.5, 0.6) is 0 Å². The summed E-state index contributed by atoms with van der Waals surface area (Å²) in [6.07, 6.45) is 6.12. The van der Waals surface area contributed by atoms with Crippen molar-refractivity contribution in [3.8, 4) is 0 Å². The van der Waals surface area contributed by atoms with Crippen LogP contribution in [0, 0.1) is 10.1 Å². The van der Waals surface area contributed by atoms with Crippen molar-refractivity contribution in [3.05, 3.63) is 51.7 Å². The standard InChI is InChI=1S/C16H21N3O3/c1-3-4-5-6-13-11-18(2)16(20)17-15(13)12-7-9-14(10-8-12)19(21)22/h7-11,15H,3-6H2,1-2H3,(H,17,20). The zero-order chi connectivity index (χ0) is 16.1. The summed E-state index contributed by atoms with van der Waals surface area (Å²) in [6.45, 7) is 2.15. The van der Waals surface area contributed by atoms with E-state index in [2.05, 4.69) is 12.2 Å². The molecule has 0 saturated carbocycles. The Bertz CT molecular complexity index is 581. The Morgan fingerprint density at radius 2 is 1.95 bits per heavy atom. The Morgan fingerprint density at radius 1 is 1.27 bits per heavy atom.